The lowest BCUT2D eigenvalue weighted by atomic mass is 10.2. The molecular formula is C13H17N3O. The summed E-state index contributed by atoms with van der Waals surface area (Å²) < 4.78 is 1.96. The molecule has 1 aromatic heterocycles. The monoisotopic (exact) mass is 231 g/mol. The number of hydrogen-bond donors (Lipinski definition) is 1. The molecule has 0 atom stereocenters. The Kier molecular flexibility index (Phi) is 3.77. The van der Waals surface area contributed by atoms with Crippen molar-refractivity contribution in [1.82, 2.24) is 9.55 Å². The number of benzene rings is 1. The highest BCUT2D eigenvalue weighted by atomic mass is 16.3. The number of aliphatic hydroxyl groups is 1. The minimum absolute atomic E-state index is 0.125. The van der Waals surface area contributed by atoms with Crippen molar-refractivity contribution in [3.05, 3.63) is 48.3 Å². The molecule has 0 unspecified atom stereocenters. The van der Waals surface area contributed by atoms with Gasteiger partial charge in [0.25, 0.3) is 0 Å². The normalized spacial score (nSPS) is 10.5. The molecule has 4 nitrogen and oxygen atoms in total. The summed E-state index contributed by atoms with van der Waals surface area (Å²) in [6.45, 7) is 1.46. The summed E-state index contributed by atoms with van der Waals surface area (Å²) in [4.78, 5) is 6.37. The van der Waals surface area contributed by atoms with Crippen molar-refractivity contribution in [2.24, 2.45) is 7.05 Å². The second-order valence-corrected chi connectivity index (χ2v) is 3.97. The van der Waals surface area contributed by atoms with Crippen molar-refractivity contribution >= 4 is 5.95 Å². The smallest absolute Gasteiger partial charge is 0.205 e. The zero-order valence-corrected chi connectivity index (χ0v) is 9.95. The van der Waals surface area contributed by atoms with E-state index in [1.54, 1.807) is 6.20 Å². The summed E-state index contributed by atoms with van der Waals surface area (Å²) in [6, 6.07) is 10.2. The molecule has 0 aliphatic heterocycles. The molecule has 1 heterocycles. The number of rotatable bonds is 5. The highest BCUT2D eigenvalue weighted by molar-refractivity contribution is 5.33. The molecule has 1 N–H and O–H groups in total. The van der Waals surface area contributed by atoms with E-state index in [4.69, 9.17) is 5.11 Å². The van der Waals surface area contributed by atoms with Gasteiger partial charge in [-0.15, -0.1) is 0 Å². The molecule has 0 spiro atoms. The number of imidazole rings is 1. The van der Waals surface area contributed by atoms with Crippen LogP contribution in [-0.4, -0.2) is 27.8 Å². The molecule has 1 aromatic carbocycles. The fraction of sp³-hybridized carbons (Fsp3) is 0.308. The number of anilines is 1. The second-order valence-electron chi connectivity index (χ2n) is 3.97. The van der Waals surface area contributed by atoms with Gasteiger partial charge in [-0.05, 0) is 5.56 Å². The summed E-state index contributed by atoms with van der Waals surface area (Å²) >= 11 is 0. The van der Waals surface area contributed by atoms with Crippen LogP contribution in [0.1, 0.15) is 5.56 Å². The summed E-state index contributed by atoms with van der Waals surface area (Å²) in [5.41, 5.74) is 1.21. The molecule has 2 aromatic rings. The van der Waals surface area contributed by atoms with E-state index in [1.807, 2.05) is 36.0 Å². The first-order valence-electron chi connectivity index (χ1n) is 5.68. The van der Waals surface area contributed by atoms with Crippen molar-refractivity contribution in [2.75, 3.05) is 18.1 Å². The van der Waals surface area contributed by atoms with Crippen LogP contribution in [0.25, 0.3) is 0 Å². The molecule has 17 heavy (non-hydrogen) atoms. The molecule has 0 fully saturated rings. The van der Waals surface area contributed by atoms with Crippen LogP contribution in [0.15, 0.2) is 42.7 Å². The number of hydrogen-bond acceptors (Lipinski definition) is 3. The molecule has 0 radical (unpaired) electrons. The number of aromatic nitrogens is 2. The van der Waals surface area contributed by atoms with Crippen LogP contribution in [0.5, 0.6) is 0 Å². The molecule has 90 valence electrons. The van der Waals surface area contributed by atoms with Gasteiger partial charge in [-0.1, -0.05) is 30.3 Å². The van der Waals surface area contributed by atoms with Crippen molar-refractivity contribution < 1.29 is 5.11 Å². The maximum atomic E-state index is 9.13. The van der Waals surface area contributed by atoms with Crippen LogP contribution in [-0.2, 0) is 13.6 Å². The standard InChI is InChI=1S/C13H17N3O/c1-15-8-7-14-13(15)16(9-10-17)11-12-5-3-2-4-6-12/h2-8,17H,9-11H2,1H3. The molecule has 0 saturated heterocycles. The Balaban J connectivity index is 2.16. The molecule has 2 rings (SSSR count). The Labute approximate surface area is 101 Å². The Morgan fingerprint density at radius 1 is 1.29 bits per heavy atom. The van der Waals surface area contributed by atoms with Gasteiger partial charge in [-0.25, -0.2) is 4.98 Å². The average Bonchev–Trinajstić information content (AvgIpc) is 2.76. The van der Waals surface area contributed by atoms with Crippen LogP contribution in [0.3, 0.4) is 0 Å². The summed E-state index contributed by atoms with van der Waals surface area (Å²) in [6.07, 6.45) is 3.68. The largest absolute Gasteiger partial charge is 0.395 e. The molecule has 0 saturated carbocycles. The summed E-state index contributed by atoms with van der Waals surface area (Å²) in [5.74, 6) is 0.878. The van der Waals surface area contributed by atoms with Crippen molar-refractivity contribution in [3.8, 4) is 0 Å². The van der Waals surface area contributed by atoms with E-state index in [2.05, 4.69) is 22.0 Å². The van der Waals surface area contributed by atoms with E-state index in [1.165, 1.54) is 5.56 Å². The van der Waals surface area contributed by atoms with Gasteiger partial charge in [0.1, 0.15) is 0 Å². The van der Waals surface area contributed by atoms with Gasteiger partial charge in [0.15, 0.2) is 0 Å². The van der Waals surface area contributed by atoms with Crippen LogP contribution in [0, 0.1) is 0 Å². The lowest BCUT2D eigenvalue weighted by Gasteiger charge is -2.22. The van der Waals surface area contributed by atoms with Crippen LogP contribution in [0.4, 0.5) is 5.95 Å². The fourth-order valence-electron chi connectivity index (χ4n) is 1.84. The first-order chi connectivity index (χ1) is 8.31. The maximum Gasteiger partial charge on any atom is 0.205 e. The predicted octanol–water partition coefficient (Wildman–Crippen LogP) is 1.42. The predicted molar refractivity (Wildman–Crippen MR) is 67.8 cm³/mol. The van der Waals surface area contributed by atoms with Crippen molar-refractivity contribution in [1.29, 1.82) is 0 Å². The minimum Gasteiger partial charge on any atom is -0.395 e. The average molecular weight is 231 g/mol. The Hall–Kier alpha value is -1.81. The van der Waals surface area contributed by atoms with Crippen LogP contribution >= 0.6 is 0 Å². The molecule has 0 amide bonds. The van der Waals surface area contributed by atoms with Crippen molar-refractivity contribution in [2.45, 2.75) is 6.54 Å². The SMILES string of the molecule is Cn1ccnc1N(CCO)Cc1ccccc1. The van der Waals surface area contributed by atoms with E-state index in [-0.39, 0.29) is 6.61 Å². The zero-order chi connectivity index (χ0) is 12.1. The van der Waals surface area contributed by atoms with Gasteiger partial charge in [-0.2, -0.15) is 0 Å². The summed E-state index contributed by atoms with van der Waals surface area (Å²) in [5, 5.41) is 9.13. The topological polar surface area (TPSA) is 41.3 Å². The third-order valence-electron chi connectivity index (χ3n) is 2.66. The van der Waals surface area contributed by atoms with E-state index >= 15 is 0 Å². The Morgan fingerprint density at radius 2 is 2.06 bits per heavy atom. The van der Waals surface area contributed by atoms with Gasteiger partial charge >= 0.3 is 0 Å². The highest BCUT2D eigenvalue weighted by Crippen LogP contribution is 2.13. The molecule has 0 bridgehead atoms. The molecule has 0 aliphatic carbocycles. The first kappa shape index (κ1) is 11.7. The van der Waals surface area contributed by atoms with Gasteiger partial charge in [0.2, 0.25) is 5.95 Å². The van der Waals surface area contributed by atoms with Crippen LogP contribution < -0.4 is 4.90 Å². The minimum atomic E-state index is 0.125. The number of aryl methyl sites for hydroxylation is 1. The first-order valence-corrected chi connectivity index (χ1v) is 5.68. The number of aliphatic hydroxyl groups excluding tert-OH is 1. The molecule has 4 heteroatoms. The molecular weight excluding hydrogens is 214 g/mol. The highest BCUT2D eigenvalue weighted by Gasteiger charge is 2.10. The van der Waals surface area contributed by atoms with Gasteiger partial charge in [0, 0.05) is 32.5 Å². The van der Waals surface area contributed by atoms with Crippen LogP contribution in [0.2, 0.25) is 0 Å². The van der Waals surface area contributed by atoms with E-state index < -0.39 is 0 Å². The lowest BCUT2D eigenvalue weighted by molar-refractivity contribution is 0.300. The lowest BCUT2D eigenvalue weighted by Crippen LogP contribution is -2.28. The Bertz CT molecular complexity index is 453. The van der Waals surface area contributed by atoms with Gasteiger partial charge < -0.3 is 14.6 Å². The quantitative estimate of drug-likeness (QED) is 0.846. The zero-order valence-electron chi connectivity index (χ0n) is 9.95. The van der Waals surface area contributed by atoms with E-state index in [0.717, 1.165) is 12.5 Å². The molecule has 0 aliphatic rings. The Morgan fingerprint density at radius 3 is 2.65 bits per heavy atom. The van der Waals surface area contributed by atoms with Crippen molar-refractivity contribution in [3.63, 3.8) is 0 Å². The maximum absolute atomic E-state index is 9.13. The second kappa shape index (κ2) is 5.50. The third kappa shape index (κ3) is 2.85. The fourth-order valence-corrected chi connectivity index (χ4v) is 1.84. The van der Waals surface area contributed by atoms with Gasteiger partial charge in [-0.3, -0.25) is 0 Å². The number of nitrogens with zero attached hydrogens (tertiary/aromatic N) is 3. The summed E-state index contributed by atoms with van der Waals surface area (Å²) in [7, 11) is 1.96. The van der Waals surface area contributed by atoms with Gasteiger partial charge in [0.05, 0.1) is 6.61 Å². The van der Waals surface area contributed by atoms with E-state index in [9.17, 15) is 0 Å². The third-order valence-corrected chi connectivity index (χ3v) is 2.66. The van der Waals surface area contributed by atoms with E-state index in [0.29, 0.717) is 6.54 Å².